The largest absolute Gasteiger partial charge is 0.443 e. The molecule has 0 aliphatic heterocycles. The maximum absolute atomic E-state index is 10.3. The number of nitro groups is 1. The predicted octanol–water partition coefficient (Wildman–Crippen LogP) is 1.51. The van der Waals surface area contributed by atoms with E-state index in [1.165, 1.54) is 24.3 Å². The van der Waals surface area contributed by atoms with Gasteiger partial charge in [-0.15, -0.1) is 0 Å². The molecule has 14 heavy (non-hydrogen) atoms. The molecule has 1 radical (unpaired) electrons. The molecule has 0 fully saturated rings. The second kappa shape index (κ2) is 4.22. The second-order valence-electron chi connectivity index (χ2n) is 2.50. The van der Waals surface area contributed by atoms with Crippen molar-refractivity contribution < 1.29 is 14.5 Å². The van der Waals surface area contributed by atoms with Crippen LogP contribution in [-0.4, -0.2) is 11.0 Å². The third kappa shape index (κ3) is 2.74. The van der Waals surface area contributed by atoms with Crippen LogP contribution in [0.5, 0.6) is 0 Å². The highest BCUT2D eigenvalue weighted by atomic mass is 16.6. The average molecular weight is 195 g/mol. The first kappa shape index (κ1) is 9.97. The first-order valence-corrected chi connectivity index (χ1v) is 3.71. The Labute approximate surface area is 79.4 Å². The molecule has 0 unspecified atom stereocenters. The number of benzene rings is 1. The Morgan fingerprint density at radius 2 is 2.00 bits per heavy atom. The van der Waals surface area contributed by atoms with Gasteiger partial charge in [-0.05, 0) is 17.7 Å². The van der Waals surface area contributed by atoms with E-state index in [-0.39, 0.29) is 12.3 Å². The van der Waals surface area contributed by atoms with Crippen LogP contribution in [0.25, 0.3) is 0 Å². The summed E-state index contributed by atoms with van der Waals surface area (Å²) in [6.07, 6.45) is -1.12. The molecular weight excluding hydrogens is 188 g/mol. The number of ether oxygens (including phenoxy) is 1. The number of rotatable bonds is 3. The minimum absolute atomic E-state index is 0.0223. The van der Waals surface area contributed by atoms with E-state index in [0.717, 1.165) is 0 Å². The molecule has 6 heteroatoms. The Balaban J connectivity index is 2.64. The van der Waals surface area contributed by atoms with Gasteiger partial charge in [0, 0.05) is 12.1 Å². The Morgan fingerprint density at radius 1 is 1.43 bits per heavy atom. The summed E-state index contributed by atoms with van der Waals surface area (Å²) in [5.41, 5.74) is 7.05. The zero-order valence-electron chi connectivity index (χ0n) is 7.10. The van der Waals surface area contributed by atoms with Crippen molar-refractivity contribution in [2.75, 3.05) is 0 Å². The number of amides is 1. The summed E-state index contributed by atoms with van der Waals surface area (Å²) in [6.45, 7) is -0.0413. The molecule has 6 nitrogen and oxygen atoms in total. The molecule has 1 aromatic carbocycles. The Kier molecular flexibility index (Phi) is 3.01. The minimum atomic E-state index is -1.12. The van der Waals surface area contributed by atoms with Gasteiger partial charge in [0.05, 0.1) is 4.92 Å². The van der Waals surface area contributed by atoms with Crippen molar-refractivity contribution >= 4 is 11.8 Å². The molecule has 0 aromatic heterocycles. The smallest absolute Gasteiger partial charge is 0.426 e. The quantitative estimate of drug-likeness (QED) is 0.539. The van der Waals surface area contributed by atoms with E-state index in [1.54, 1.807) is 0 Å². The van der Waals surface area contributed by atoms with E-state index < -0.39 is 11.0 Å². The van der Waals surface area contributed by atoms with Crippen molar-refractivity contribution in [2.24, 2.45) is 0 Å². The van der Waals surface area contributed by atoms with E-state index in [1.807, 2.05) is 0 Å². The van der Waals surface area contributed by atoms with Crippen LogP contribution in [0.15, 0.2) is 24.3 Å². The number of nitrogens with zero attached hydrogens (tertiary/aromatic N) is 1. The van der Waals surface area contributed by atoms with Crippen LogP contribution in [0.4, 0.5) is 10.5 Å². The van der Waals surface area contributed by atoms with Gasteiger partial charge >= 0.3 is 6.09 Å². The lowest BCUT2D eigenvalue weighted by Crippen LogP contribution is -2.02. The summed E-state index contributed by atoms with van der Waals surface area (Å²) >= 11 is 0. The van der Waals surface area contributed by atoms with Crippen LogP contribution in [0, 0.1) is 10.1 Å². The van der Waals surface area contributed by atoms with Gasteiger partial charge in [-0.3, -0.25) is 10.1 Å². The zero-order chi connectivity index (χ0) is 10.6. The number of nitrogens with one attached hydrogen (secondary N) is 1. The number of carbonyl (C=O) groups excluding carboxylic acids is 1. The topological polar surface area (TPSA) is 93.2 Å². The van der Waals surface area contributed by atoms with Crippen LogP contribution in [0.2, 0.25) is 0 Å². The lowest BCUT2D eigenvalue weighted by atomic mass is 10.2. The summed E-state index contributed by atoms with van der Waals surface area (Å²) in [7, 11) is 0. The molecular formula is C8H7N2O4. The normalized spacial score (nSPS) is 9.43. The van der Waals surface area contributed by atoms with E-state index in [9.17, 15) is 14.9 Å². The van der Waals surface area contributed by atoms with E-state index in [4.69, 9.17) is 5.73 Å². The number of carbonyl (C=O) groups is 1. The zero-order valence-corrected chi connectivity index (χ0v) is 7.10. The van der Waals surface area contributed by atoms with Crippen LogP contribution >= 0.6 is 0 Å². The molecule has 0 saturated carbocycles. The summed E-state index contributed by atoms with van der Waals surface area (Å²) in [6, 6.07) is 5.57. The van der Waals surface area contributed by atoms with E-state index >= 15 is 0 Å². The molecule has 1 rings (SSSR count). The number of non-ortho nitro benzene ring substituents is 1. The van der Waals surface area contributed by atoms with Gasteiger partial charge in [0.2, 0.25) is 0 Å². The Morgan fingerprint density at radius 3 is 2.43 bits per heavy atom. The van der Waals surface area contributed by atoms with Gasteiger partial charge in [-0.2, -0.15) is 0 Å². The lowest BCUT2D eigenvalue weighted by molar-refractivity contribution is -0.384. The van der Waals surface area contributed by atoms with Crippen molar-refractivity contribution in [3.63, 3.8) is 0 Å². The Hall–Kier alpha value is -2.11. The van der Waals surface area contributed by atoms with Crippen molar-refractivity contribution in [3.05, 3.63) is 39.9 Å². The Bertz CT molecular complexity index is 347. The molecule has 0 heterocycles. The third-order valence-electron chi connectivity index (χ3n) is 1.52. The van der Waals surface area contributed by atoms with Gasteiger partial charge in [-0.1, -0.05) is 0 Å². The summed E-state index contributed by atoms with van der Waals surface area (Å²) in [4.78, 5) is 19.9. The van der Waals surface area contributed by atoms with Crippen molar-refractivity contribution in [3.8, 4) is 0 Å². The molecule has 0 atom stereocenters. The fraction of sp³-hybridized carbons (Fsp3) is 0.125. The average Bonchev–Trinajstić information content (AvgIpc) is 2.15. The van der Waals surface area contributed by atoms with E-state index in [2.05, 4.69) is 4.74 Å². The van der Waals surface area contributed by atoms with Gasteiger partial charge in [-0.25, -0.2) is 10.5 Å². The van der Waals surface area contributed by atoms with E-state index in [0.29, 0.717) is 5.56 Å². The second-order valence-corrected chi connectivity index (χ2v) is 2.50. The number of hydrogen-bond donors (Lipinski definition) is 0. The third-order valence-corrected chi connectivity index (χ3v) is 1.52. The highest BCUT2D eigenvalue weighted by Crippen LogP contribution is 2.12. The fourth-order valence-electron chi connectivity index (χ4n) is 0.863. The standard InChI is InChI=1S/C8H7N2O4/c9-8(11)14-5-6-1-3-7(4-2-6)10(12)13/h1-4,9H,5H2. The van der Waals surface area contributed by atoms with Gasteiger partial charge in [0.15, 0.2) is 0 Å². The highest BCUT2D eigenvalue weighted by molar-refractivity contribution is 5.63. The minimum Gasteiger partial charge on any atom is -0.443 e. The molecule has 0 bridgehead atoms. The summed E-state index contributed by atoms with van der Waals surface area (Å²) in [5.74, 6) is 0. The molecule has 73 valence electrons. The van der Waals surface area contributed by atoms with Crippen LogP contribution in [-0.2, 0) is 11.3 Å². The van der Waals surface area contributed by atoms with Crippen molar-refractivity contribution in [1.29, 1.82) is 0 Å². The maximum Gasteiger partial charge on any atom is 0.426 e. The monoisotopic (exact) mass is 195 g/mol. The van der Waals surface area contributed by atoms with Crippen LogP contribution in [0.1, 0.15) is 5.56 Å². The molecule has 0 aliphatic rings. The van der Waals surface area contributed by atoms with Gasteiger partial charge in [0.1, 0.15) is 6.61 Å². The molecule has 1 amide bonds. The van der Waals surface area contributed by atoms with Crippen LogP contribution in [0.3, 0.4) is 0 Å². The lowest BCUT2D eigenvalue weighted by Gasteiger charge is -1.99. The van der Waals surface area contributed by atoms with Crippen LogP contribution < -0.4 is 5.73 Å². The molecule has 0 spiro atoms. The fourth-order valence-corrected chi connectivity index (χ4v) is 0.863. The molecule has 1 N–H and O–H groups in total. The highest BCUT2D eigenvalue weighted by Gasteiger charge is 2.04. The summed E-state index contributed by atoms with van der Waals surface area (Å²) < 4.78 is 4.39. The predicted molar refractivity (Wildman–Crippen MR) is 46.4 cm³/mol. The molecule has 0 saturated heterocycles. The first-order chi connectivity index (χ1) is 6.59. The number of nitro benzene ring substituents is 1. The van der Waals surface area contributed by atoms with Crippen molar-refractivity contribution in [2.45, 2.75) is 6.61 Å². The van der Waals surface area contributed by atoms with Gasteiger partial charge < -0.3 is 4.74 Å². The molecule has 0 aliphatic carbocycles. The maximum atomic E-state index is 10.3. The summed E-state index contributed by atoms with van der Waals surface area (Å²) in [5, 5.41) is 10.3. The number of hydrogen-bond acceptors (Lipinski definition) is 4. The first-order valence-electron chi connectivity index (χ1n) is 3.71. The molecule has 1 aromatic rings. The SMILES string of the molecule is [NH]C(=O)OCc1ccc([N+](=O)[O-])cc1. The van der Waals surface area contributed by atoms with Crippen molar-refractivity contribution in [1.82, 2.24) is 5.73 Å². The van der Waals surface area contributed by atoms with Gasteiger partial charge in [0.25, 0.3) is 5.69 Å².